The lowest BCUT2D eigenvalue weighted by Crippen LogP contribution is -2.42. The van der Waals surface area contributed by atoms with E-state index in [0.29, 0.717) is 24.5 Å². The summed E-state index contributed by atoms with van der Waals surface area (Å²) in [5.41, 5.74) is 1.58. The average molecular weight is 393 g/mol. The van der Waals surface area contributed by atoms with Gasteiger partial charge in [-0.15, -0.1) is 0 Å². The summed E-state index contributed by atoms with van der Waals surface area (Å²) in [6.45, 7) is 9.67. The van der Waals surface area contributed by atoms with Crippen molar-refractivity contribution in [3.8, 4) is 5.75 Å². The first-order chi connectivity index (χ1) is 11.3. The summed E-state index contributed by atoms with van der Waals surface area (Å²) >= 11 is 3.50. The monoisotopic (exact) mass is 392 g/mol. The van der Waals surface area contributed by atoms with Crippen LogP contribution in [0.25, 0.3) is 10.8 Å². The Balaban J connectivity index is 2.02. The molecule has 0 aliphatic carbocycles. The molecule has 0 saturated carbocycles. The summed E-state index contributed by atoms with van der Waals surface area (Å²) in [7, 11) is 0. The van der Waals surface area contributed by atoms with Gasteiger partial charge >= 0.3 is 6.09 Å². The molecule has 2 heterocycles. The van der Waals surface area contributed by atoms with E-state index in [1.54, 1.807) is 4.90 Å². The third kappa shape index (κ3) is 3.20. The number of rotatable bonds is 2. The summed E-state index contributed by atoms with van der Waals surface area (Å²) in [5.74, 6) is 0.480. The quantitative estimate of drug-likeness (QED) is 0.546. The molecular weight excluding hydrogens is 372 g/mol. The Morgan fingerprint density at radius 2 is 1.96 bits per heavy atom. The van der Waals surface area contributed by atoms with E-state index in [1.165, 1.54) is 0 Å². The number of nitrogens with zero attached hydrogens (tertiary/aromatic N) is 2. The van der Waals surface area contributed by atoms with Gasteiger partial charge in [0.25, 0.3) is 0 Å². The van der Waals surface area contributed by atoms with Crippen LogP contribution in [0.1, 0.15) is 38.6 Å². The van der Waals surface area contributed by atoms with E-state index in [9.17, 15) is 4.79 Å². The lowest BCUT2D eigenvalue weighted by molar-refractivity contribution is -0.157. The molecule has 1 aliphatic heterocycles. The summed E-state index contributed by atoms with van der Waals surface area (Å²) in [6.07, 6.45) is 0.551. The molecule has 1 aliphatic rings. The van der Waals surface area contributed by atoms with E-state index in [2.05, 4.69) is 36.7 Å². The smallest absolute Gasteiger partial charge is 0.305 e. The molecule has 1 saturated heterocycles. The van der Waals surface area contributed by atoms with Crippen molar-refractivity contribution in [2.24, 2.45) is 0 Å². The molecule has 6 heteroatoms. The number of carbonyl (C=O) groups excluding carboxylic acids is 1. The Kier molecular flexibility index (Phi) is 4.42. The zero-order valence-corrected chi connectivity index (χ0v) is 15.9. The summed E-state index contributed by atoms with van der Waals surface area (Å²) in [5, 5.41) is 1.87. The number of benzene rings is 1. The molecule has 0 spiro atoms. The third-order valence-electron chi connectivity index (χ3n) is 4.11. The first-order valence-corrected chi connectivity index (χ1v) is 8.80. The van der Waals surface area contributed by atoms with E-state index >= 15 is 0 Å². The number of pyridine rings is 1. The van der Waals surface area contributed by atoms with Crippen LogP contribution in [0.15, 0.2) is 22.7 Å². The Hall–Kier alpha value is -1.82. The highest BCUT2D eigenvalue weighted by atomic mass is 79.9. The minimum atomic E-state index is -0.455. The Morgan fingerprint density at radius 1 is 1.25 bits per heavy atom. The number of carbonyl (C=O) groups is 1. The van der Waals surface area contributed by atoms with Gasteiger partial charge in [0.15, 0.2) is 0 Å². The Labute approximate surface area is 150 Å². The van der Waals surface area contributed by atoms with Gasteiger partial charge in [0, 0.05) is 33.7 Å². The SMILES string of the molecule is Cc1nc(C(C)(C)C)c2ccc(Br)cc2c1OOC(=O)N1CCC1. The van der Waals surface area contributed by atoms with Crippen LogP contribution in [0.4, 0.5) is 4.79 Å². The van der Waals surface area contributed by atoms with Crippen LogP contribution < -0.4 is 4.89 Å². The fourth-order valence-corrected chi connectivity index (χ4v) is 3.05. The van der Waals surface area contributed by atoms with Gasteiger partial charge in [0.1, 0.15) is 0 Å². The fourth-order valence-electron chi connectivity index (χ4n) is 2.69. The van der Waals surface area contributed by atoms with Crippen molar-refractivity contribution in [2.45, 2.75) is 39.5 Å². The van der Waals surface area contributed by atoms with Gasteiger partial charge in [-0.2, -0.15) is 0 Å². The first-order valence-electron chi connectivity index (χ1n) is 8.01. The van der Waals surface area contributed by atoms with Gasteiger partial charge < -0.3 is 4.90 Å². The normalized spacial score (nSPS) is 14.5. The first kappa shape index (κ1) is 17.0. The standard InChI is InChI=1S/C18H21BrN2O3/c1-11-15(23-24-17(22)21-8-5-9-21)14-10-12(19)6-7-13(14)16(20-11)18(2,3)4/h6-7,10H,5,8-9H2,1-4H3. The van der Waals surface area contributed by atoms with Gasteiger partial charge in [-0.05, 0) is 25.5 Å². The van der Waals surface area contributed by atoms with Crippen LogP contribution in [-0.2, 0) is 10.3 Å². The second-order valence-corrected chi connectivity index (χ2v) is 8.00. The van der Waals surface area contributed by atoms with E-state index < -0.39 is 6.09 Å². The molecule has 5 nitrogen and oxygen atoms in total. The number of aryl methyl sites for hydroxylation is 1. The predicted molar refractivity (Wildman–Crippen MR) is 96.2 cm³/mol. The molecule has 24 heavy (non-hydrogen) atoms. The number of hydrogen-bond donors (Lipinski definition) is 0. The van der Waals surface area contributed by atoms with E-state index in [1.807, 2.05) is 25.1 Å². The van der Waals surface area contributed by atoms with Crippen LogP contribution in [0.2, 0.25) is 0 Å². The molecule has 0 N–H and O–H groups in total. The maximum absolute atomic E-state index is 11.9. The van der Waals surface area contributed by atoms with Crippen LogP contribution in [0.5, 0.6) is 5.75 Å². The molecule has 0 atom stereocenters. The zero-order valence-electron chi connectivity index (χ0n) is 14.4. The van der Waals surface area contributed by atoms with Crippen LogP contribution in [0.3, 0.4) is 0 Å². The van der Waals surface area contributed by atoms with Crippen molar-refractivity contribution in [3.05, 3.63) is 34.1 Å². The van der Waals surface area contributed by atoms with Gasteiger partial charge in [0.2, 0.25) is 5.75 Å². The van der Waals surface area contributed by atoms with E-state index in [-0.39, 0.29) is 5.41 Å². The Morgan fingerprint density at radius 3 is 2.54 bits per heavy atom. The number of amides is 1. The van der Waals surface area contributed by atoms with Gasteiger partial charge in [-0.25, -0.2) is 9.68 Å². The molecule has 0 bridgehead atoms. The fraction of sp³-hybridized carbons (Fsp3) is 0.444. The minimum absolute atomic E-state index is 0.107. The van der Waals surface area contributed by atoms with Crippen molar-refractivity contribution in [1.29, 1.82) is 0 Å². The summed E-state index contributed by atoms with van der Waals surface area (Å²) in [6, 6.07) is 5.95. The van der Waals surface area contributed by atoms with Crippen molar-refractivity contribution in [3.63, 3.8) is 0 Å². The van der Waals surface area contributed by atoms with E-state index in [0.717, 1.165) is 27.4 Å². The maximum Gasteiger partial charge on any atom is 0.452 e. The van der Waals surface area contributed by atoms with Crippen molar-refractivity contribution < 1.29 is 14.6 Å². The molecule has 1 aromatic carbocycles. The highest BCUT2D eigenvalue weighted by molar-refractivity contribution is 9.10. The molecule has 1 amide bonds. The van der Waals surface area contributed by atoms with Crippen molar-refractivity contribution in [1.82, 2.24) is 9.88 Å². The highest BCUT2D eigenvalue weighted by Gasteiger charge is 2.26. The topological polar surface area (TPSA) is 51.7 Å². The van der Waals surface area contributed by atoms with Crippen LogP contribution in [0, 0.1) is 6.92 Å². The molecule has 128 valence electrons. The summed E-state index contributed by atoms with van der Waals surface area (Å²) in [4.78, 5) is 28.6. The van der Waals surface area contributed by atoms with Crippen LogP contribution in [-0.4, -0.2) is 29.1 Å². The molecule has 3 rings (SSSR count). The van der Waals surface area contributed by atoms with Crippen LogP contribution >= 0.6 is 15.9 Å². The minimum Gasteiger partial charge on any atom is -0.305 e. The number of halogens is 1. The van der Waals surface area contributed by atoms with Gasteiger partial charge in [-0.3, -0.25) is 9.87 Å². The van der Waals surface area contributed by atoms with E-state index in [4.69, 9.17) is 14.8 Å². The second kappa shape index (κ2) is 6.24. The number of aromatic nitrogens is 1. The Bertz CT molecular complexity index is 795. The van der Waals surface area contributed by atoms with Gasteiger partial charge in [0.05, 0.1) is 11.4 Å². The molecule has 0 unspecified atom stereocenters. The zero-order chi connectivity index (χ0) is 17.5. The molecule has 2 aromatic rings. The van der Waals surface area contributed by atoms with Gasteiger partial charge in [-0.1, -0.05) is 42.8 Å². The third-order valence-corrected chi connectivity index (χ3v) is 4.60. The predicted octanol–water partition coefficient (Wildman–Crippen LogP) is 4.74. The van der Waals surface area contributed by atoms with Crippen molar-refractivity contribution >= 4 is 32.8 Å². The average Bonchev–Trinajstić information content (AvgIpc) is 2.42. The number of likely N-dealkylation sites (tertiary alicyclic amines) is 1. The molecular formula is C18H21BrN2O3. The molecule has 1 fully saturated rings. The number of hydrogen-bond acceptors (Lipinski definition) is 4. The van der Waals surface area contributed by atoms with Crippen molar-refractivity contribution in [2.75, 3.05) is 13.1 Å². The maximum atomic E-state index is 11.9. The molecule has 1 aromatic heterocycles. The highest BCUT2D eigenvalue weighted by Crippen LogP contribution is 2.37. The number of fused-ring (bicyclic) bond motifs is 1. The lowest BCUT2D eigenvalue weighted by atomic mass is 9.88. The molecule has 0 radical (unpaired) electrons. The summed E-state index contributed by atoms with van der Waals surface area (Å²) < 4.78 is 0.930. The second-order valence-electron chi connectivity index (χ2n) is 7.09. The largest absolute Gasteiger partial charge is 0.452 e. The lowest BCUT2D eigenvalue weighted by Gasteiger charge is -2.28.